The average Bonchev–Trinajstić information content (AvgIpc) is 2.24. The number of rotatable bonds is 3. The highest BCUT2D eigenvalue weighted by Crippen LogP contribution is 2.45. The van der Waals surface area contributed by atoms with Crippen molar-refractivity contribution in [2.24, 2.45) is 16.7 Å². The van der Waals surface area contributed by atoms with E-state index in [0.717, 1.165) is 0 Å². The summed E-state index contributed by atoms with van der Waals surface area (Å²) >= 11 is 0. The molecule has 0 radical (unpaired) electrons. The van der Waals surface area contributed by atoms with Crippen LogP contribution in [0.4, 0.5) is 0 Å². The van der Waals surface area contributed by atoms with Crippen LogP contribution in [-0.2, 0) is 14.3 Å². The van der Waals surface area contributed by atoms with E-state index in [-0.39, 0.29) is 11.6 Å². The van der Waals surface area contributed by atoms with E-state index in [2.05, 4.69) is 13.8 Å². The predicted molar refractivity (Wildman–Crippen MR) is 71.1 cm³/mol. The Morgan fingerprint density at radius 1 is 1.06 bits per heavy atom. The van der Waals surface area contributed by atoms with Crippen molar-refractivity contribution in [1.29, 1.82) is 0 Å². The zero-order valence-corrected chi connectivity index (χ0v) is 12.5. The summed E-state index contributed by atoms with van der Waals surface area (Å²) in [6, 6.07) is 0. The summed E-state index contributed by atoms with van der Waals surface area (Å²) in [5.74, 6) is 0.751. The molecule has 0 saturated carbocycles. The third kappa shape index (κ3) is 2.11. The number of methoxy groups -OCH3 is 1. The third-order valence-corrected chi connectivity index (χ3v) is 3.64. The molecule has 18 heavy (non-hydrogen) atoms. The van der Waals surface area contributed by atoms with Gasteiger partial charge in [0.05, 0.1) is 17.9 Å². The maximum Gasteiger partial charge on any atom is 0.175 e. The van der Waals surface area contributed by atoms with E-state index in [9.17, 15) is 9.59 Å². The van der Waals surface area contributed by atoms with Crippen LogP contribution in [0.3, 0.4) is 0 Å². The Morgan fingerprint density at radius 2 is 1.56 bits per heavy atom. The van der Waals surface area contributed by atoms with Crippen LogP contribution < -0.4 is 0 Å². The van der Waals surface area contributed by atoms with Gasteiger partial charge in [-0.2, -0.15) is 0 Å². The molecule has 0 N–H and O–H groups in total. The Bertz CT molecular complexity index is 411. The highest BCUT2D eigenvalue weighted by atomic mass is 16.5. The fourth-order valence-corrected chi connectivity index (χ4v) is 2.82. The number of ketones is 2. The van der Waals surface area contributed by atoms with Crippen LogP contribution >= 0.6 is 0 Å². The smallest absolute Gasteiger partial charge is 0.175 e. The monoisotopic (exact) mass is 252 g/mol. The molecule has 0 atom stereocenters. The van der Waals surface area contributed by atoms with E-state index in [1.165, 1.54) is 7.11 Å². The van der Waals surface area contributed by atoms with E-state index >= 15 is 0 Å². The van der Waals surface area contributed by atoms with Gasteiger partial charge in [-0.25, -0.2) is 0 Å². The van der Waals surface area contributed by atoms with E-state index in [1.54, 1.807) is 13.8 Å². The SMILES string of the molecule is COC1=C(CC(C)C)C(=O)C(C)(C)C(=O)C1(C)C. The van der Waals surface area contributed by atoms with Gasteiger partial charge in [0.1, 0.15) is 5.76 Å². The second kappa shape index (κ2) is 4.52. The van der Waals surface area contributed by atoms with Gasteiger partial charge in [0.15, 0.2) is 11.6 Å². The summed E-state index contributed by atoms with van der Waals surface area (Å²) in [5.41, 5.74) is -0.992. The predicted octanol–water partition coefficient (Wildman–Crippen LogP) is 3.14. The molecule has 0 spiro atoms. The summed E-state index contributed by atoms with van der Waals surface area (Å²) in [4.78, 5) is 24.9. The Morgan fingerprint density at radius 3 is 1.94 bits per heavy atom. The van der Waals surface area contributed by atoms with Gasteiger partial charge in [-0.15, -0.1) is 0 Å². The van der Waals surface area contributed by atoms with Crippen LogP contribution in [0.1, 0.15) is 48.0 Å². The van der Waals surface area contributed by atoms with Crippen molar-refractivity contribution in [2.75, 3.05) is 7.11 Å². The molecule has 1 aliphatic rings. The molecule has 0 saturated heterocycles. The molecule has 3 nitrogen and oxygen atoms in total. The molecule has 0 amide bonds. The maximum atomic E-state index is 12.5. The lowest BCUT2D eigenvalue weighted by atomic mass is 9.62. The summed E-state index contributed by atoms with van der Waals surface area (Å²) in [7, 11) is 1.54. The third-order valence-electron chi connectivity index (χ3n) is 3.64. The van der Waals surface area contributed by atoms with Crippen molar-refractivity contribution < 1.29 is 14.3 Å². The van der Waals surface area contributed by atoms with Crippen LogP contribution in [0.15, 0.2) is 11.3 Å². The first-order valence-electron chi connectivity index (χ1n) is 6.44. The molecule has 102 valence electrons. The molecule has 0 aromatic carbocycles. The number of Topliss-reactive ketones (excluding diaryl/α,β-unsaturated/α-hetero) is 2. The number of hydrogen-bond acceptors (Lipinski definition) is 3. The molecule has 0 bridgehead atoms. The van der Waals surface area contributed by atoms with Gasteiger partial charge in [-0.05, 0) is 40.0 Å². The van der Waals surface area contributed by atoms with Crippen LogP contribution in [-0.4, -0.2) is 18.7 Å². The standard InChI is InChI=1S/C15H24O3/c1-9(2)8-10-11(16)14(3,4)13(17)15(5,6)12(10)18-7/h9H,8H2,1-7H3. The van der Waals surface area contributed by atoms with Crippen molar-refractivity contribution >= 4 is 11.6 Å². The minimum absolute atomic E-state index is 0.0654. The summed E-state index contributed by atoms with van der Waals surface area (Å²) in [6.45, 7) is 11.2. The average molecular weight is 252 g/mol. The van der Waals surface area contributed by atoms with Crippen molar-refractivity contribution in [3.63, 3.8) is 0 Å². The van der Waals surface area contributed by atoms with Gasteiger partial charge in [0, 0.05) is 5.57 Å². The molecule has 0 aromatic rings. The molecule has 0 fully saturated rings. The topological polar surface area (TPSA) is 43.4 Å². The second-order valence-electron chi connectivity index (χ2n) is 6.52. The van der Waals surface area contributed by atoms with E-state index in [1.807, 2.05) is 13.8 Å². The van der Waals surface area contributed by atoms with Crippen LogP contribution in [0.5, 0.6) is 0 Å². The minimum Gasteiger partial charge on any atom is -0.500 e. The maximum absolute atomic E-state index is 12.5. The molecule has 0 aromatic heterocycles. The largest absolute Gasteiger partial charge is 0.500 e. The molecule has 0 heterocycles. The first kappa shape index (κ1) is 14.9. The minimum atomic E-state index is -0.949. The van der Waals surface area contributed by atoms with Gasteiger partial charge < -0.3 is 4.74 Å². The van der Waals surface area contributed by atoms with E-state index in [0.29, 0.717) is 23.7 Å². The van der Waals surface area contributed by atoms with Gasteiger partial charge in [0.2, 0.25) is 0 Å². The summed E-state index contributed by atoms with van der Waals surface area (Å²) in [5, 5.41) is 0. The van der Waals surface area contributed by atoms with Crippen molar-refractivity contribution in [3.05, 3.63) is 11.3 Å². The molecule has 0 aliphatic heterocycles. The Labute approximate surface area is 110 Å². The van der Waals surface area contributed by atoms with Gasteiger partial charge >= 0.3 is 0 Å². The quantitative estimate of drug-likeness (QED) is 0.725. The molecular formula is C15H24O3. The fourth-order valence-electron chi connectivity index (χ4n) is 2.82. The number of ether oxygens (including phenoxy) is 1. The fraction of sp³-hybridized carbons (Fsp3) is 0.733. The number of carbonyl (C=O) groups excluding carboxylic acids is 2. The normalized spacial score (nSPS) is 22.7. The number of hydrogen-bond donors (Lipinski definition) is 0. The zero-order valence-electron chi connectivity index (χ0n) is 12.5. The van der Waals surface area contributed by atoms with Crippen molar-refractivity contribution in [3.8, 4) is 0 Å². The summed E-state index contributed by atoms with van der Waals surface area (Å²) in [6.07, 6.45) is 0.655. The molecule has 3 heteroatoms. The van der Waals surface area contributed by atoms with Gasteiger partial charge in [-0.3, -0.25) is 9.59 Å². The Hall–Kier alpha value is -1.12. The molecule has 0 unspecified atom stereocenters. The first-order chi connectivity index (χ1) is 8.06. The highest BCUT2D eigenvalue weighted by Gasteiger charge is 2.53. The second-order valence-corrected chi connectivity index (χ2v) is 6.52. The Kier molecular flexibility index (Phi) is 3.75. The lowest BCUT2D eigenvalue weighted by molar-refractivity contribution is -0.145. The Balaban J connectivity index is 3.47. The van der Waals surface area contributed by atoms with Crippen LogP contribution in [0, 0.1) is 16.7 Å². The van der Waals surface area contributed by atoms with Crippen molar-refractivity contribution in [2.45, 2.75) is 48.0 Å². The van der Waals surface area contributed by atoms with Crippen LogP contribution in [0.2, 0.25) is 0 Å². The molecule has 1 aliphatic carbocycles. The number of allylic oxidation sites excluding steroid dienone is 2. The molecule has 1 rings (SSSR count). The zero-order chi connectivity index (χ0) is 14.3. The van der Waals surface area contributed by atoms with Crippen molar-refractivity contribution in [1.82, 2.24) is 0 Å². The van der Waals surface area contributed by atoms with E-state index in [4.69, 9.17) is 4.74 Å². The lowest BCUT2D eigenvalue weighted by Gasteiger charge is -2.40. The van der Waals surface area contributed by atoms with Gasteiger partial charge in [0.25, 0.3) is 0 Å². The summed E-state index contributed by atoms with van der Waals surface area (Å²) < 4.78 is 5.39. The first-order valence-corrected chi connectivity index (χ1v) is 6.44. The highest BCUT2D eigenvalue weighted by molar-refractivity contribution is 6.18. The molecular weight excluding hydrogens is 228 g/mol. The van der Waals surface area contributed by atoms with E-state index < -0.39 is 10.8 Å². The number of carbonyl (C=O) groups is 2. The lowest BCUT2D eigenvalue weighted by Crippen LogP contribution is -2.49. The van der Waals surface area contributed by atoms with Gasteiger partial charge in [-0.1, -0.05) is 13.8 Å². The van der Waals surface area contributed by atoms with Crippen LogP contribution in [0.25, 0.3) is 0 Å².